The smallest absolute Gasteiger partial charge is 0.336 e. The first-order chi connectivity index (χ1) is 14.9. The molecule has 0 bridgehead atoms. The normalized spacial score (nSPS) is 36.7. The van der Waals surface area contributed by atoms with Crippen molar-refractivity contribution in [3.8, 4) is 0 Å². The summed E-state index contributed by atoms with van der Waals surface area (Å²) in [6.07, 6.45) is 4.66. The molecule has 2 aliphatic carbocycles. The van der Waals surface area contributed by atoms with Crippen molar-refractivity contribution in [1.29, 1.82) is 0 Å². The lowest BCUT2D eigenvalue weighted by molar-refractivity contribution is -0.182. The van der Waals surface area contributed by atoms with Gasteiger partial charge in [0.05, 0.1) is 0 Å². The van der Waals surface area contributed by atoms with Crippen LogP contribution >= 0.6 is 0 Å². The number of carbonyl (C=O) groups excluding carboxylic acids is 3. The van der Waals surface area contributed by atoms with Crippen LogP contribution in [0.3, 0.4) is 0 Å². The number of rotatable bonds is 3. The molecule has 0 fully saturated rings. The second-order valence-corrected chi connectivity index (χ2v) is 9.46. The molecule has 7 heteroatoms. The van der Waals surface area contributed by atoms with Crippen LogP contribution in [0.4, 0.5) is 0 Å². The zero-order valence-electron chi connectivity index (χ0n) is 19.8. The van der Waals surface area contributed by atoms with Crippen LogP contribution in [0.2, 0.25) is 0 Å². The van der Waals surface area contributed by atoms with Crippen molar-refractivity contribution >= 4 is 17.9 Å². The lowest BCUT2D eigenvalue weighted by Gasteiger charge is -2.50. The number of carbonyl (C=O) groups is 3. The van der Waals surface area contributed by atoms with Gasteiger partial charge in [0.2, 0.25) is 0 Å². The third-order valence-electron chi connectivity index (χ3n) is 7.30. The largest absolute Gasteiger partial charge is 0.462 e. The van der Waals surface area contributed by atoms with Gasteiger partial charge >= 0.3 is 17.9 Å². The van der Waals surface area contributed by atoms with Crippen molar-refractivity contribution in [3.05, 3.63) is 34.4 Å². The van der Waals surface area contributed by atoms with E-state index in [0.29, 0.717) is 36.8 Å². The molecule has 0 saturated carbocycles. The summed E-state index contributed by atoms with van der Waals surface area (Å²) in [5, 5.41) is 11.3. The zero-order chi connectivity index (χ0) is 23.8. The molecule has 0 aromatic carbocycles. The maximum atomic E-state index is 12.4. The summed E-state index contributed by atoms with van der Waals surface area (Å²) in [6.45, 7) is 10.6. The summed E-state index contributed by atoms with van der Waals surface area (Å²) in [6, 6.07) is 0. The molecule has 5 atom stereocenters. The number of aliphatic hydroxyl groups is 1. The van der Waals surface area contributed by atoms with Crippen LogP contribution in [0.5, 0.6) is 0 Å². The van der Waals surface area contributed by atoms with Gasteiger partial charge in [0.1, 0.15) is 12.2 Å². The predicted octanol–water partition coefficient (Wildman–Crippen LogP) is 3.90. The van der Waals surface area contributed by atoms with E-state index in [1.807, 2.05) is 26.8 Å². The van der Waals surface area contributed by atoms with Gasteiger partial charge in [-0.3, -0.25) is 9.59 Å². The Balaban J connectivity index is 2.20. The highest BCUT2D eigenvalue weighted by Crippen LogP contribution is 2.53. The van der Waals surface area contributed by atoms with Crippen molar-refractivity contribution in [3.63, 3.8) is 0 Å². The topological polar surface area (TPSA) is 99.1 Å². The first kappa shape index (κ1) is 24.2. The van der Waals surface area contributed by atoms with Gasteiger partial charge < -0.3 is 19.3 Å². The Labute approximate surface area is 189 Å². The number of allylic oxidation sites excluding steroid dienone is 2. The fourth-order valence-electron chi connectivity index (χ4n) is 5.39. The number of hydrogen-bond donors (Lipinski definition) is 1. The van der Waals surface area contributed by atoms with Gasteiger partial charge in [0.15, 0.2) is 0 Å². The highest BCUT2D eigenvalue weighted by molar-refractivity contribution is 5.92. The van der Waals surface area contributed by atoms with E-state index in [4.69, 9.17) is 14.2 Å². The molecule has 0 spiro atoms. The van der Waals surface area contributed by atoms with E-state index in [1.54, 1.807) is 19.9 Å². The maximum Gasteiger partial charge on any atom is 0.336 e. The highest BCUT2D eigenvalue weighted by Gasteiger charge is 2.55. The molecule has 1 heterocycles. The molecule has 32 heavy (non-hydrogen) atoms. The number of fused-ring (bicyclic) bond motifs is 2. The van der Waals surface area contributed by atoms with E-state index in [-0.39, 0.29) is 18.3 Å². The highest BCUT2D eigenvalue weighted by atomic mass is 16.7. The van der Waals surface area contributed by atoms with E-state index < -0.39 is 35.3 Å². The Morgan fingerprint density at radius 2 is 1.91 bits per heavy atom. The zero-order valence-corrected chi connectivity index (χ0v) is 19.8. The van der Waals surface area contributed by atoms with Gasteiger partial charge in [-0.1, -0.05) is 31.1 Å². The molecule has 0 unspecified atom stereocenters. The van der Waals surface area contributed by atoms with Crippen molar-refractivity contribution in [1.82, 2.24) is 0 Å². The third-order valence-corrected chi connectivity index (χ3v) is 7.30. The van der Waals surface area contributed by atoms with Gasteiger partial charge in [-0.15, -0.1) is 0 Å². The summed E-state index contributed by atoms with van der Waals surface area (Å²) in [5.41, 5.74) is 1.98. The third kappa shape index (κ3) is 4.27. The summed E-state index contributed by atoms with van der Waals surface area (Å²) >= 11 is 0. The van der Waals surface area contributed by atoms with Crippen LogP contribution in [-0.4, -0.2) is 41.0 Å². The van der Waals surface area contributed by atoms with E-state index in [9.17, 15) is 19.5 Å². The Hall–Kier alpha value is -2.41. The Morgan fingerprint density at radius 3 is 2.53 bits per heavy atom. The standard InChI is InChI=1S/C25H34O7/c1-7-22(27)31-21-10-8-14(2)13-25(29)19(16(4)23(28)32-25)12-18-15(3)9-11-20(24(18,21)6)30-17(5)26/h9,13,18,20-21,29H,7-8,10-12H2,1-6H3/b14-13-/t18-,20-,21-,24+,25+/m1/s1. The molecular formula is C25H34O7. The molecule has 1 N–H and O–H groups in total. The van der Waals surface area contributed by atoms with Crippen LogP contribution in [-0.2, 0) is 28.6 Å². The van der Waals surface area contributed by atoms with E-state index in [2.05, 4.69) is 0 Å². The second-order valence-electron chi connectivity index (χ2n) is 9.46. The van der Waals surface area contributed by atoms with Crippen LogP contribution in [0, 0.1) is 11.3 Å². The predicted molar refractivity (Wildman–Crippen MR) is 117 cm³/mol. The van der Waals surface area contributed by atoms with Crippen LogP contribution in [0.25, 0.3) is 0 Å². The number of esters is 3. The maximum absolute atomic E-state index is 12.4. The molecule has 1 aliphatic heterocycles. The number of ether oxygens (including phenoxy) is 3. The quantitative estimate of drug-likeness (QED) is 0.399. The molecule has 0 radical (unpaired) electrons. The summed E-state index contributed by atoms with van der Waals surface area (Å²) in [5.74, 6) is -3.30. The summed E-state index contributed by atoms with van der Waals surface area (Å²) in [7, 11) is 0. The summed E-state index contributed by atoms with van der Waals surface area (Å²) < 4.78 is 17.1. The first-order valence-corrected chi connectivity index (χ1v) is 11.3. The van der Waals surface area contributed by atoms with Crippen LogP contribution < -0.4 is 0 Å². The molecule has 0 saturated heterocycles. The molecule has 176 valence electrons. The van der Waals surface area contributed by atoms with Gasteiger partial charge in [-0.25, -0.2) is 4.79 Å². The molecule has 0 aromatic heterocycles. The molecule has 0 amide bonds. The van der Waals surface area contributed by atoms with Crippen LogP contribution in [0.15, 0.2) is 34.4 Å². The van der Waals surface area contributed by atoms with Crippen molar-refractivity contribution in [2.75, 3.05) is 0 Å². The molecule has 7 nitrogen and oxygen atoms in total. The van der Waals surface area contributed by atoms with Gasteiger partial charge in [-0.2, -0.15) is 0 Å². The van der Waals surface area contributed by atoms with Gasteiger partial charge in [0, 0.05) is 36.3 Å². The lowest BCUT2D eigenvalue weighted by atomic mass is 9.59. The van der Waals surface area contributed by atoms with E-state index in [1.165, 1.54) is 6.92 Å². The average Bonchev–Trinajstić information content (AvgIpc) is 2.91. The molecule has 3 rings (SSSR count). The monoisotopic (exact) mass is 446 g/mol. The summed E-state index contributed by atoms with van der Waals surface area (Å²) in [4.78, 5) is 36.8. The second kappa shape index (κ2) is 8.85. The van der Waals surface area contributed by atoms with Crippen LogP contribution in [0.1, 0.15) is 73.6 Å². The Kier molecular flexibility index (Phi) is 6.70. The van der Waals surface area contributed by atoms with Gasteiger partial charge in [0.25, 0.3) is 5.79 Å². The minimum Gasteiger partial charge on any atom is -0.462 e. The van der Waals surface area contributed by atoms with Crippen molar-refractivity contribution in [2.24, 2.45) is 11.3 Å². The number of hydrogen-bond acceptors (Lipinski definition) is 7. The Bertz CT molecular complexity index is 911. The molecule has 3 aliphatic rings. The minimum atomic E-state index is -1.80. The molecular weight excluding hydrogens is 412 g/mol. The van der Waals surface area contributed by atoms with E-state index in [0.717, 1.165) is 11.1 Å². The lowest BCUT2D eigenvalue weighted by Crippen LogP contribution is -2.54. The van der Waals surface area contributed by atoms with Crippen molar-refractivity contribution in [2.45, 2.75) is 91.6 Å². The van der Waals surface area contributed by atoms with Gasteiger partial charge in [-0.05, 0) is 52.0 Å². The Morgan fingerprint density at radius 1 is 1.22 bits per heavy atom. The van der Waals surface area contributed by atoms with E-state index >= 15 is 0 Å². The SMILES string of the molecule is CCC(=O)O[C@@H]1CC/C(C)=C\[C@]2(O)OC(=O)C(C)=C2C[C@@H]2C(C)=CC[C@@H](OC(C)=O)[C@]21C. The van der Waals surface area contributed by atoms with Crippen molar-refractivity contribution < 1.29 is 33.7 Å². The minimum absolute atomic E-state index is 0.242. The molecule has 0 aromatic rings. The fraction of sp³-hybridized carbons (Fsp3) is 0.640. The fourth-order valence-corrected chi connectivity index (χ4v) is 5.39. The first-order valence-electron chi connectivity index (χ1n) is 11.3. The average molecular weight is 447 g/mol.